The van der Waals surface area contributed by atoms with Crippen molar-refractivity contribution < 1.29 is 18.0 Å². The monoisotopic (exact) mass is 305 g/mol. The maximum atomic E-state index is 12.8. The van der Waals surface area contributed by atoms with E-state index in [4.69, 9.17) is 4.84 Å². The number of hydrogen-bond acceptors (Lipinski definition) is 2. The molecule has 0 spiro atoms. The SMILES string of the molecule is C=Cc1cccc(CON=Cc2ccccc2C(F)(F)F)c1. The first-order chi connectivity index (χ1) is 10.5. The van der Waals surface area contributed by atoms with Gasteiger partial charge >= 0.3 is 6.18 Å². The van der Waals surface area contributed by atoms with Crippen molar-refractivity contribution >= 4 is 12.3 Å². The Morgan fingerprint density at radius 1 is 1.09 bits per heavy atom. The van der Waals surface area contributed by atoms with Crippen molar-refractivity contribution in [1.82, 2.24) is 0 Å². The molecule has 0 unspecified atom stereocenters. The van der Waals surface area contributed by atoms with Crippen LogP contribution in [0.1, 0.15) is 22.3 Å². The first-order valence-corrected chi connectivity index (χ1v) is 6.53. The molecule has 0 atom stereocenters. The van der Waals surface area contributed by atoms with E-state index in [0.717, 1.165) is 23.4 Å². The summed E-state index contributed by atoms with van der Waals surface area (Å²) in [5, 5.41) is 3.62. The van der Waals surface area contributed by atoms with Crippen LogP contribution in [0.2, 0.25) is 0 Å². The van der Waals surface area contributed by atoms with E-state index in [2.05, 4.69) is 11.7 Å². The molecule has 0 bridgehead atoms. The molecule has 2 nitrogen and oxygen atoms in total. The van der Waals surface area contributed by atoms with Gasteiger partial charge in [0.1, 0.15) is 6.61 Å². The van der Waals surface area contributed by atoms with Crippen LogP contribution in [-0.4, -0.2) is 6.21 Å². The maximum Gasteiger partial charge on any atom is 0.417 e. The Morgan fingerprint density at radius 3 is 2.59 bits per heavy atom. The van der Waals surface area contributed by atoms with Crippen LogP contribution in [0, 0.1) is 0 Å². The highest BCUT2D eigenvalue weighted by molar-refractivity contribution is 5.81. The lowest BCUT2D eigenvalue weighted by Gasteiger charge is -2.09. The van der Waals surface area contributed by atoms with Gasteiger partial charge in [-0.15, -0.1) is 0 Å². The van der Waals surface area contributed by atoms with Gasteiger partial charge in [0.25, 0.3) is 0 Å². The van der Waals surface area contributed by atoms with Crippen LogP contribution in [0.3, 0.4) is 0 Å². The van der Waals surface area contributed by atoms with Gasteiger partial charge in [0.05, 0.1) is 11.8 Å². The molecule has 0 aliphatic rings. The minimum absolute atomic E-state index is 0.0326. The summed E-state index contributed by atoms with van der Waals surface area (Å²) in [5.41, 5.74) is 1.03. The Labute approximate surface area is 126 Å². The van der Waals surface area contributed by atoms with Crippen LogP contribution in [0.5, 0.6) is 0 Å². The van der Waals surface area contributed by atoms with Gasteiger partial charge in [-0.1, -0.05) is 54.2 Å². The molecular formula is C17H14F3NO. The molecule has 0 saturated carbocycles. The molecule has 0 radical (unpaired) electrons. The largest absolute Gasteiger partial charge is 0.417 e. The number of benzene rings is 2. The van der Waals surface area contributed by atoms with Crippen molar-refractivity contribution in [3.8, 4) is 0 Å². The lowest BCUT2D eigenvalue weighted by atomic mass is 10.1. The molecule has 22 heavy (non-hydrogen) atoms. The van der Waals surface area contributed by atoms with Crippen LogP contribution in [0.15, 0.2) is 60.3 Å². The third-order valence-electron chi connectivity index (χ3n) is 2.95. The summed E-state index contributed by atoms with van der Waals surface area (Å²) >= 11 is 0. The summed E-state index contributed by atoms with van der Waals surface area (Å²) in [5.74, 6) is 0. The van der Waals surface area contributed by atoms with Crippen LogP contribution in [0.25, 0.3) is 6.08 Å². The molecule has 2 aromatic rings. The molecule has 2 rings (SSSR count). The molecule has 0 heterocycles. The first kappa shape index (κ1) is 15.8. The highest BCUT2D eigenvalue weighted by atomic mass is 19.4. The topological polar surface area (TPSA) is 21.6 Å². The highest BCUT2D eigenvalue weighted by Crippen LogP contribution is 2.31. The van der Waals surface area contributed by atoms with Crippen molar-refractivity contribution in [2.24, 2.45) is 5.16 Å². The lowest BCUT2D eigenvalue weighted by Crippen LogP contribution is -2.08. The smallest absolute Gasteiger partial charge is 0.391 e. The van der Waals surface area contributed by atoms with Crippen LogP contribution < -0.4 is 0 Å². The molecule has 0 fully saturated rings. The second-order valence-electron chi connectivity index (χ2n) is 4.54. The van der Waals surface area contributed by atoms with Gasteiger partial charge in [0.15, 0.2) is 0 Å². The summed E-state index contributed by atoms with van der Waals surface area (Å²) in [6.07, 6.45) is -1.65. The summed E-state index contributed by atoms with van der Waals surface area (Å²) in [6.45, 7) is 3.84. The van der Waals surface area contributed by atoms with E-state index in [-0.39, 0.29) is 12.2 Å². The average molecular weight is 305 g/mol. The highest BCUT2D eigenvalue weighted by Gasteiger charge is 2.32. The molecule has 0 aliphatic heterocycles. The molecule has 0 amide bonds. The van der Waals surface area contributed by atoms with Gasteiger partial charge in [0, 0.05) is 5.56 Å². The predicted molar refractivity (Wildman–Crippen MR) is 80.4 cm³/mol. The zero-order valence-electron chi connectivity index (χ0n) is 11.7. The van der Waals surface area contributed by atoms with Crippen molar-refractivity contribution in [3.05, 3.63) is 77.4 Å². The van der Waals surface area contributed by atoms with E-state index in [1.165, 1.54) is 18.2 Å². The molecule has 2 aromatic carbocycles. The molecule has 0 aromatic heterocycles. The maximum absolute atomic E-state index is 12.8. The molecular weight excluding hydrogens is 291 g/mol. The standard InChI is InChI=1S/C17H14F3NO/c1-2-13-6-5-7-14(10-13)12-22-21-11-15-8-3-4-9-16(15)17(18,19)20/h2-11H,1,12H2. The fraction of sp³-hybridized carbons (Fsp3) is 0.118. The van der Waals surface area contributed by atoms with Crippen LogP contribution in [-0.2, 0) is 17.6 Å². The van der Waals surface area contributed by atoms with Crippen molar-refractivity contribution in [3.63, 3.8) is 0 Å². The average Bonchev–Trinajstić information content (AvgIpc) is 2.51. The normalized spacial score (nSPS) is 11.6. The van der Waals surface area contributed by atoms with Gasteiger partial charge in [-0.25, -0.2) is 0 Å². The quantitative estimate of drug-likeness (QED) is 0.569. The van der Waals surface area contributed by atoms with E-state index < -0.39 is 11.7 Å². The van der Waals surface area contributed by atoms with Crippen LogP contribution >= 0.6 is 0 Å². The Kier molecular flexibility index (Phi) is 4.99. The van der Waals surface area contributed by atoms with Crippen molar-refractivity contribution in [2.75, 3.05) is 0 Å². The van der Waals surface area contributed by atoms with Gasteiger partial charge in [-0.05, 0) is 23.3 Å². The predicted octanol–water partition coefficient (Wildman–Crippen LogP) is 4.90. The molecule has 0 N–H and O–H groups in total. The summed E-state index contributed by atoms with van der Waals surface area (Å²) < 4.78 is 38.4. The fourth-order valence-electron chi connectivity index (χ4n) is 1.88. The second kappa shape index (κ2) is 6.93. The lowest BCUT2D eigenvalue weighted by molar-refractivity contribution is -0.137. The minimum atomic E-state index is -4.42. The van der Waals surface area contributed by atoms with Crippen molar-refractivity contribution in [2.45, 2.75) is 12.8 Å². The summed E-state index contributed by atoms with van der Waals surface area (Å²) in [6, 6.07) is 12.6. The Morgan fingerprint density at radius 2 is 1.86 bits per heavy atom. The zero-order chi connectivity index (χ0) is 16.0. The van der Waals surface area contributed by atoms with E-state index >= 15 is 0 Å². The zero-order valence-corrected chi connectivity index (χ0v) is 11.7. The van der Waals surface area contributed by atoms with E-state index in [9.17, 15) is 13.2 Å². The number of alkyl halides is 3. The third-order valence-corrected chi connectivity index (χ3v) is 2.95. The minimum Gasteiger partial charge on any atom is -0.391 e. The fourth-order valence-corrected chi connectivity index (χ4v) is 1.88. The summed E-state index contributed by atoms with van der Waals surface area (Å²) in [7, 11) is 0. The molecule has 5 heteroatoms. The van der Waals surface area contributed by atoms with Crippen LogP contribution in [0.4, 0.5) is 13.2 Å². The van der Waals surface area contributed by atoms with Gasteiger partial charge in [0.2, 0.25) is 0 Å². The number of halogens is 3. The summed E-state index contributed by atoms with van der Waals surface area (Å²) in [4.78, 5) is 5.06. The van der Waals surface area contributed by atoms with E-state index in [1.54, 1.807) is 6.08 Å². The van der Waals surface area contributed by atoms with Gasteiger partial charge in [-0.3, -0.25) is 0 Å². The van der Waals surface area contributed by atoms with E-state index in [1.807, 2.05) is 24.3 Å². The third kappa shape index (κ3) is 4.22. The Balaban J connectivity index is 2.03. The van der Waals surface area contributed by atoms with Gasteiger partial charge < -0.3 is 4.84 Å². The Bertz CT molecular complexity index is 678. The molecule has 114 valence electrons. The Hall–Kier alpha value is -2.56. The first-order valence-electron chi connectivity index (χ1n) is 6.53. The van der Waals surface area contributed by atoms with E-state index in [0.29, 0.717) is 0 Å². The molecule has 0 aliphatic carbocycles. The number of oxime groups is 1. The van der Waals surface area contributed by atoms with Crippen molar-refractivity contribution in [1.29, 1.82) is 0 Å². The second-order valence-corrected chi connectivity index (χ2v) is 4.54. The number of nitrogens with zero attached hydrogens (tertiary/aromatic N) is 1. The number of hydrogen-bond donors (Lipinski definition) is 0. The number of rotatable bonds is 5. The molecule has 0 saturated heterocycles. The van der Waals surface area contributed by atoms with Gasteiger partial charge in [-0.2, -0.15) is 13.2 Å².